The van der Waals surface area contributed by atoms with Crippen molar-refractivity contribution in [2.45, 2.75) is 51.7 Å². The van der Waals surface area contributed by atoms with Gasteiger partial charge in [-0.2, -0.15) is 0 Å². The number of hydrogen-bond donors (Lipinski definition) is 2. The first-order chi connectivity index (χ1) is 7.39. The van der Waals surface area contributed by atoms with Crippen molar-refractivity contribution in [1.29, 1.82) is 0 Å². The molecule has 0 saturated heterocycles. The highest BCUT2D eigenvalue weighted by molar-refractivity contribution is 5.73. The van der Waals surface area contributed by atoms with Gasteiger partial charge in [0.2, 0.25) is 6.29 Å². The van der Waals surface area contributed by atoms with Crippen LogP contribution in [0.5, 0.6) is 0 Å². The van der Waals surface area contributed by atoms with Crippen LogP contribution in [-0.4, -0.2) is 30.6 Å². The lowest BCUT2D eigenvalue weighted by Gasteiger charge is -2.21. The van der Waals surface area contributed by atoms with Crippen molar-refractivity contribution in [2.75, 3.05) is 6.54 Å². The van der Waals surface area contributed by atoms with E-state index < -0.39 is 17.7 Å². The van der Waals surface area contributed by atoms with Crippen LogP contribution in [0.25, 0.3) is 0 Å². The van der Waals surface area contributed by atoms with Gasteiger partial charge in [-0.1, -0.05) is 0 Å². The molecule has 0 saturated carbocycles. The van der Waals surface area contributed by atoms with Gasteiger partial charge in [-0.25, -0.2) is 4.79 Å². The maximum absolute atomic E-state index is 11.3. The van der Waals surface area contributed by atoms with E-state index in [2.05, 4.69) is 5.32 Å². The Balaban J connectivity index is 3.92. The van der Waals surface area contributed by atoms with Crippen LogP contribution in [0, 0.1) is 0 Å². The van der Waals surface area contributed by atoms with Crippen molar-refractivity contribution in [3.8, 4) is 0 Å². The fourth-order valence-corrected chi connectivity index (χ4v) is 1.10. The Morgan fingerprint density at radius 1 is 1.44 bits per heavy atom. The molecule has 0 fully saturated rings. The monoisotopic (exact) mass is 229 g/mol. The van der Waals surface area contributed by atoms with Crippen molar-refractivity contribution in [3.63, 3.8) is 0 Å². The summed E-state index contributed by atoms with van der Waals surface area (Å²) in [7, 11) is 0. The number of rotatable bonds is 6. The summed E-state index contributed by atoms with van der Waals surface area (Å²) in [6.45, 7) is 5.87. The van der Waals surface area contributed by atoms with Gasteiger partial charge in [-0.15, -0.1) is 0 Å². The number of unbranched alkanes of at least 4 members (excludes halogenated alkanes) is 1. The van der Waals surface area contributed by atoms with Gasteiger partial charge >= 0.3 is 6.09 Å². The standard InChI is InChI=1S/C11H21N2O3/c1-11(2,3)16-10(15)13-9(8-14)6-4-5-7-12/h9H,4-7,12H2,1-3H3,(H,13,15)/t9-/m0/s1. The van der Waals surface area contributed by atoms with E-state index in [-0.39, 0.29) is 0 Å². The molecule has 1 radical (unpaired) electrons. The highest BCUT2D eigenvalue weighted by Crippen LogP contribution is 2.07. The summed E-state index contributed by atoms with van der Waals surface area (Å²) in [5.74, 6) is 0. The molecule has 0 aliphatic rings. The van der Waals surface area contributed by atoms with Crippen LogP contribution in [0.4, 0.5) is 4.79 Å². The minimum atomic E-state index is -0.610. The van der Waals surface area contributed by atoms with E-state index in [0.29, 0.717) is 13.0 Å². The number of alkyl carbamates (subject to hydrolysis) is 1. The predicted octanol–water partition coefficient (Wildman–Crippen LogP) is 1.12. The van der Waals surface area contributed by atoms with Gasteiger partial charge in [0.1, 0.15) is 5.60 Å². The van der Waals surface area contributed by atoms with Gasteiger partial charge < -0.3 is 15.8 Å². The summed E-state index contributed by atoms with van der Waals surface area (Å²) in [6.07, 6.45) is 3.34. The van der Waals surface area contributed by atoms with Gasteiger partial charge in [0.25, 0.3) is 0 Å². The second-order valence-electron chi connectivity index (χ2n) is 4.60. The Morgan fingerprint density at radius 2 is 2.06 bits per heavy atom. The third-order valence-corrected chi connectivity index (χ3v) is 1.78. The highest BCUT2D eigenvalue weighted by Gasteiger charge is 2.19. The topological polar surface area (TPSA) is 81.4 Å². The van der Waals surface area contributed by atoms with Gasteiger partial charge in [-0.3, -0.25) is 4.79 Å². The van der Waals surface area contributed by atoms with Gasteiger partial charge in [-0.05, 0) is 46.6 Å². The minimum Gasteiger partial charge on any atom is -0.444 e. The molecule has 93 valence electrons. The van der Waals surface area contributed by atoms with Crippen molar-refractivity contribution in [1.82, 2.24) is 5.32 Å². The van der Waals surface area contributed by atoms with Crippen molar-refractivity contribution >= 4 is 12.4 Å². The molecule has 1 amide bonds. The van der Waals surface area contributed by atoms with E-state index in [4.69, 9.17) is 10.5 Å². The van der Waals surface area contributed by atoms with Crippen LogP contribution in [0.15, 0.2) is 0 Å². The summed E-state index contributed by atoms with van der Waals surface area (Å²) < 4.78 is 5.02. The van der Waals surface area contributed by atoms with E-state index in [1.54, 1.807) is 27.1 Å². The third kappa shape index (κ3) is 8.23. The van der Waals surface area contributed by atoms with E-state index in [9.17, 15) is 9.59 Å². The molecular formula is C11H21N2O3. The van der Waals surface area contributed by atoms with Crippen molar-refractivity contribution in [3.05, 3.63) is 0 Å². The number of amides is 1. The van der Waals surface area contributed by atoms with Gasteiger partial charge in [0.15, 0.2) is 0 Å². The second kappa shape index (κ2) is 7.22. The molecule has 16 heavy (non-hydrogen) atoms. The number of nitrogens with one attached hydrogen (secondary N) is 1. The molecule has 3 N–H and O–H groups in total. The Labute approximate surface area is 96.7 Å². The fourth-order valence-electron chi connectivity index (χ4n) is 1.10. The molecule has 0 aliphatic heterocycles. The first kappa shape index (κ1) is 14.9. The predicted molar refractivity (Wildman–Crippen MR) is 61.8 cm³/mol. The summed E-state index contributed by atoms with van der Waals surface area (Å²) >= 11 is 0. The van der Waals surface area contributed by atoms with Crippen LogP contribution in [0.3, 0.4) is 0 Å². The lowest BCUT2D eigenvalue weighted by molar-refractivity contribution is 0.0515. The fraction of sp³-hybridized carbons (Fsp3) is 0.818. The Kier molecular flexibility index (Phi) is 6.72. The zero-order valence-electron chi connectivity index (χ0n) is 10.2. The maximum Gasteiger partial charge on any atom is 0.408 e. The summed E-state index contributed by atoms with van der Waals surface area (Å²) in [5, 5.41) is 2.46. The zero-order valence-corrected chi connectivity index (χ0v) is 10.2. The SMILES string of the molecule is CC(C)(C)OC(=O)N[C@H]([C]=O)CCCCN. The molecule has 0 rings (SSSR count). The number of hydrogen-bond acceptors (Lipinski definition) is 4. The van der Waals surface area contributed by atoms with E-state index in [0.717, 1.165) is 12.8 Å². The quantitative estimate of drug-likeness (QED) is 0.669. The molecule has 0 spiro atoms. The Hall–Kier alpha value is -1.10. The number of carbonyl (C=O) groups is 1. The summed E-state index contributed by atoms with van der Waals surface area (Å²) in [5.41, 5.74) is 4.77. The van der Waals surface area contributed by atoms with Crippen LogP contribution < -0.4 is 11.1 Å². The van der Waals surface area contributed by atoms with Gasteiger partial charge in [0.05, 0.1) is 6.04 Å². The maximum atomic E-state index is 11.3. The van der Waals surface area contributed by atoms with Crippen LogP contribution in [0.1, 0.15) is 40.0 Å². The lowest BCUT2D eigenvalue weighted by Crippen LogP contribution is -2.40. The molecule has 0 heterocycles. The first-order valence-corrected chi connectivity index (χ1v) is 5.46. The minimum absolute atomic E-state index is 0.542. The van der Waals surface area contributed by atoms with Crippen molar-refractivity contribution < 1.29 is 14.3 Å². The average molecular weight is 229 g/mol. The summed E-state index contributed by atoms with van der Waals surface area (Å²) in [4.78, 5) is 21.9. The van der Waals surface area contributed by atoms with E-state index >= 15 is 0 Å². The van der Waals surface area contributed by atoms with Gasteiger partial charge in [0, 0.05) is 0 Å². The Morgan fingerprint density at radius 3 is 2.50 bits per heavy atom. The molecule has 0 aromatic rings. The highest BCUT2D eigenvalue weighted by atomic mass is 16.6. The second-order valence-corrected chi connectivity index (χ2v) is 4.60. The molecule has 0 aromatic heterocycles. The normalized spacial score (nSPS) is 13.0. The van der Waals surface area contributed by atoms with E-state index in [1.807, 2.05) is 0 Å². The zero-order chi connectivity index (χ0) is 12.6. The molecule has 0 unspecified atom stereocenters. The smallest absolute Gasteiger partial charge is 0.408 e. The summed E-state index contributed by atoms with van der Waals surface area (Å²) in [6, 6.07) is -0.610. The third-order valence-electron chi connectivity index (χ3n) is 1.78. The molecule has 0 aliphatic carbocycles. The van der Waals surface area contributed by atoms with Crippen LogP contribution in [0.2, 0.25) is 0 Å². The first-order valence-electron chi connectivity index (χ1n) is 5.46. The molecular weight excluding hydrogens is 208 g/mol. The number of ether oxygens (including phenoxy) is 1. The van der Waals surface area contributed by atoms with Crippen LogP contribution in [-0.2, 0) is 9.53 Å². The average Bonchev–Trinajstić information content (AvgIpc) is 2.13. The molecule has 0 aromatic carbocycles. The Bertz CT molecular complexity index is 224. The van der Waals surface area contributed by atoms with Crippen LogP contribution >= 0.6 is 0 Å². The molecule has 5 heteroatoms. The van der Waals surface area contributed by atoms with Crippen molar-refractivity contribution in [2.24, 2.45) is 5.73 Å². The number of nitrogens with two attached hydrogens (primary N) is 1. The molecule has 5 nitrogen and oxygen atoms in total. The number of carbonyl (C=O) groups excluding carboxylic acids is 2. The lowest BCUT2D eigenvalue weighted by atomic mass is 10.1. The molecule has 0 bridgehead atoms. The molecule has 1 atom stereocenters. The largest absolute Gasteiger partial charge is 0.444 e. The van der Waals surface area contributed by atoms with E-state index in [1.165, 1.54) is 0 Å².